The maximum atomic E-state index is 3.61. The molecule has 1 N–H and O–H groups in total. The lowest BCUT2D eigenvalue weighted by Crippen LogP contribution is -2.29. The summed E-state index contributed by atoms with van der Waals surface area (Å²) in [5.74, 6) is 0. The van der Waals surface area contributed by atoms with Crippen LogP contribution in [0.4, 0.5) is 11.4 Å². The van der Waals surface area contributed by atoms with Crippen molar-refractivity contribution in [3.8, 4) is 0 Å². The number of nitrogens with zero attached hydrogens (tertiary/aromatic N) is 1. The number of fused-ring (bicyclic) bond motifs is 2. The molecule has 0 aliphatic carbocycles. The van der Waals surface area contributed by atoms with E-state index in [0.717, 1.165) is 6.54 Å². The largest absolute Gasteiger partial charge is 0.340 e. The summed E-state index contributed by atoms with van der Waals surface area (Å²) in [5.41, 5.74) is 2.72. The predicted molar refractivity (Wildman–Crippen MR) is 89.7 cm³/mol. The average Bonchev–Trinajstić information content (AvgIpc) is 3.05. The first-order chi connectivity index (χ1) is 10.4. The summed E-state index contributed by atoms with van der Waals surface area (Å²) >= 11 is 1.89. The zero-order valence-corrected chi connectivity index (χ0v) is 12.9. The van der Waals surface area contributed by atoms with Crippen LogP contribution in [0.3, 0.4) is 0 Å². The van der Waals surface area contributed by atoms with E-state index in [4.69, 9.17) is 0 Å². The molecule has 0 radical (unpaired) electrons. The van der Waals surface area contributed by atoms with Crippen molar-refractivity contribution in [1.29, 1.82) is 0 Å². The molecule has 2 aliphatic rings. The van der Waals surface area contributed by atoms with E-state index in [2.05, 4.69) is 58.7 Å². The molecule has 3 heteroatoms. The Hall–Kier alpha value is -1.45. The highest BCUT2D eigenvalue weighted by molar-refractivity contribution is 7.99. The predicted octanol–water partition coefficient (Wildman–Crippen LogP) is 4.43. The van der Waals surface area contributed by atoms with Gasteiger partial charge < -0.3 is 10.2 Å². The van der Waals surface area contributed by atoms with Gasteiger partial charge >= 0.3 is 0 Å². The minimum Gasteiger partial charge on any atom is -0.340 e. The second-order valence-corrected chi connectivity index (χ2v) is 6.85. The van der Waals surface area contributed by atoms with E-state index in [9.17, 15) is 0 Å². The Morgan fingerprint density at radius 1 is 1.00 bits per heavy atom. The molecular formula is C18H20N2S. The van der Waals surface area contributed by atoms with Gasteiger partial charge in [-0.15, -0.1) is 0 Å². The number of hydrogen-bond acceptors (Lipinski definition) is 3. The molecule has 2 aliphatic heterocycles. The highest BCUT2D eigenvalue weighted by Gasteiger charge is 2.24. The number of benzene rings is 2. The third kappa shape index (κ3) is 2.56. The molecule has 108 valence electrons. The van der Waals surface area contributed by atoms with Crippen LogP contribution in [0, 0.1) is 0 Å². The lowest BCUT2D eigenvalue weighted by molar-refractivity contribution is 0.562. The van der Waals surface area contributed by atoms with Crippen LogP contribution in [0.2, 0.25) is 0 Å². The molecule has 2 aromatic rings. The SMILES string of the molecule is c1ccc2c(c1)Sc1ccccc1N2CCC1CCCN1. The molecular weight excluding hydrogens is 276 g/mol. The van der Waals surface area contributed by atoms with Gasteiger partial charge in [0.25, 0.3) is 0 Å². The molecule has 1 fully saturated rings. The zero-order valence-electron chi connectivity index (χ0n) is 12.1. The van der Waals surface area contributed by atoms with Gasteiger partial charge in [-0.05, 0) is 50.1 Å². The Labute approximate surface area is 130 Å². The minimum absolute atomic E-state index is 0.693. The van der Waals surface area contributed by atoms with E-state index in [1.807, 2.05) is 11.8 Å². The highest BCUT2D eigenvalue weighted by Crippen LogP contribution is 2.47. The zero-order chi connectivity index (χ0) is 14.1. The molecule has 0 amide bonds. The number of nitrogens with one attached hydrogen (secondary N) is 1. The van der Waals surface area contributed by atoms with Crippen LogP contribution in [0.15, 0.2) is 58.3 Å². The summed E-state index contributed by atoms with van der Waals surface area (Å²) in [5, 5.41) is 3.61. The first-order valence-electron chi connectivity index (χ1n) is 7.79. The van der Waals surface area contributed by atoms with Crippen LogP contribution in [0.25, 0.3) is 0 Å². The molecule has 2 heterocycles. The van der Waals surface area contributed by atoms with Crippen LogP contribution >= 0.6 is 11.8 Å². The van der Waals surface area contributed by atoms with Crippen LogP contribution < -0.4 is 10.2 Å². The average molecular weight is 296 g/mol. The third-order valence-corrected chi connectivity index (χ3v) is 5.53. The fraction of sp³-hybridized carbons (Fsp3) is 0.333. The lowest BCUT2D eigenvalue weighted by atomic mass is 10.1. The van der Waals surface area contributed by atoms with Gasteiger partial charge in [0.2, 0.25) is 0 Å². The van der Waals surface area contributed by atoms with Crippen LogP contribution in [-0.4, -0.2) is 19.1 Å². The van der Waals surface area contributed by atoms with Gasteiger partial charge in [-0.25, -0.2) is 0 Å². The fourth-order valence-electron chi connectivity index (χ4n) is 3.31. The van der Waals surface area contributed by atoms with Gasteiger partial charge in [-0.3, -0.25) is 0 Å². The Morgan fingerprint density at radius 2 is 1.67 bits per heavy atom. The van der Waals surface area contributed by atoms with Gasteiger partial charge in [0.15, 0.2) is 0 Å². The minimum atomic E-state index is 0.693. The summed E-state index contributed by atoms with van der Waals surface area (Å²) in [6, 6.07) is 18.2. The molecule has 0 spiro atoms. The van der Waals surface area contributed by atoms with E-state index in [1.165, 1.54) is 47.0 Å². The summed E-state index contributed by atoms with van der Waals surface area (Å²) in [4.78, 5) is 5.24. The van der Waals surface area contributed by atoms with Crippen molar-refractivity contribution in [3.63, 3.8) is 0 Å². The molecule has 1 saturated heterocycles. The smallest absolute Gasteiger partial charge is 0.0552 e. The molecule has 2 nitrogen and oxygen atoms in total. The topological polar surface area (TPSA) is 15.3 Å². The number of anilines is 2. The Balaban J connectivity index is 1.64. The second-order valence-electron chi connectivity index (χ2n) is 5.77. The van der Waals surface area contributed by atoms with Gasteiger partial charge in [0, 0.05) is 22.4 Å². The number of para-hydroxylation sites is 2. The second kappa shape index (κ2) is 5.74. The van der Waals surface area contributed by atoms with E-state index in [1.54, 1.807) is 0 Å². The highest BCUT2D eigenvalue weighted by atomic mass is 32.2. The summed E-state index contributed by atoms with van der Waals surface area (Å²) in [7, 11) is 0. The molecule has 1 atom stereocenters. The van der Waals surface area contributed by atoms with E-state index in [0.29, 0.717) is 6.04 Å². The molecule has 0 saturated carbocycles. The maximum absolute atomic E-state index is 3.61. The van der Waals surface area contributed by atoms with Crippen molar-refractivity contribution in [2.24, 2.45) is 0 Å². The van der Waals surface area contributed by atoms with E-state index >= 15 is 0 Å². The van der Waals surface area contributed by atoms with E-state index < -0.39 is 0 Å². The Bertz CT molecular complexity index is 589. The molecule has 0 aromatic heterocycles. The number of rotatable bonds is 3. The Morgan fingerprint density at radius 3 is 2.29 bits per heavy atom. The Kier molecular flexibility index (Phi) is 3.62. The standard InChI is InChI=1S/C18H20N2S/c1-3-9-17-15(7-1)20(13-11-14-6-5-12-19-14)16-8-2-4-10-18(16)21-17/h1-4,7-10,14,19H,5-6,11-13H2. The van der Waals surface area contributed by atoms with Gasteiger partial charge in [-0.1, -0.05) is 36.0 Å². The molecule has 4 rings (SSSR count). The van der Waals surface area contributed by atoms with Crippen molar-refractivity contribution in [3.05, 3.63) is 48.5 Å². The van der Waals surface area contributed by atoms with Crippen molar-refractivity contribution >= 4 is 23.1 Å². The first-order valence-corrected chi connectivity index (χ1v) is 8.60. The normalized spacial score (nSPS) is 20.2. The van der Waals surface area contributed by atoms with Crippen LogP contribution in [0.1, 0.15) is 19.3 Å². The maximum Gasteiger partial charge on any atom is 0.0552 e. The summed E-state index contributed by atoms with van der Waals surface area (Å²) < 4.78 is 0. The monoisotopic (exact) mass is 296 g/mol. The van der Waals surface area contributed by atoms with Crippen molar-refractivity contribution in [2.75, 3.05) is 18.0 Å². The van der Waals surface area contributed by atoms with Crippen molar-refractivity contribution in [1.82, 2.24) is 5.32 Å². The molecule has 21 heavy (non-hydrogen) atoms. The van der Waals surface area contributed by atoms with Crippen molar-refractivity contribution in [2.45, 2.75) is 35.1 Å². The third-order valence-electron chi connectivity index (χ3n) is 4.40. The quantitative estimate of drug-likeness (QED) is 0.902. The van der Waals surface area contributed by atoms with Gasteiger partial charge in [0.1, 0.15) is 0 Å². The molecule has 1 unspecified atom stereocenters. The summed E-state index contributed by atoms with van der Waals surface area (Å²) in [6.45, 7) is 2.28. The number of hydrogen-bond donors (Lipinski definition) is 1. The van der Waals surface area contributed by atoms with Crippen LogP contribution in [0.5, 0.6) is 0 Å². The molecule has 2 aromatic carbocycles. The van der Waals surface area contributed by atoms with Gasteiger partial charge in [-0.2, -0.15) is 0 Å². The molecule has 0 bridgehead atoms. The van der Waals surface area contributed by atoms with E-state index in [-0.39, 0.29) is 0 Å². The van der Waals surface area contributed by atoms with Crippen molar-refractivity contribution < 1.29 is 0 Å². The first kappa shape index (κ1) is 13.2. The van der Waals surface area contributed by atoms with Crippen LogP contribution in [-0.2, 0) is 0 Å². The lowest BCUT2D eigenvalue weighted by Gasteiger charge is -2.33. The van der Waals surface area contributed by atoms with Gasteiger partial charge in [0.05, 0.1) is 11.4 Å². The fourth-order valence-corrected chi connectivity index (χ4v) is 4.41. The summed E-state index contributed by atoms with van der Waals surface area (Å²) in [6.07, 6.45) is 3.87.